The SMILES string of the molecule is COc1ccccc1OC1=COC2C(CCC(O)C2CN2CCC(C)CC2)C1=O.Cl. The van der Waals surface area contributed by atoms with Crippen molar-refractivity contribution in [2.45, 2.75) is 44.8 Å². The number of likely N-dealkylation sites (tertiary alicyclic amines) is 1. The van der Waals surface area contributed by atoms with Gasteiger partial charge >= 0.3 is 0 Å². The Balaban J connectivity index is 0.00000256. The molecule has 1 aromatic rings. The number of hydrogen-bond acceptors (Lipinski definition) is 6. The fourth-order valence-electron chi connectivity index (χ4n) is 4.77. The Labute approximate surface area is 184 Å². The first-order valence-electron chi connectivity index (χ1n) is 10.7. The quantitative estimate of drug-likeness (QED) is 0.761. The van der Waals surface area contributed by atoms with Gasteiger partial charge < -0.3 is 24.2 Å². The summed E-state index contributed by atoms with van der Waals surface area (Å²) >= 11 is 0. The van der Waals surface area contributed by atoms with Crippen LogP contribution in [-0.4, -0.2) is 54.7 Å². The third kappa shape index (κ3) is 4.76. The average Bonchev–Trinajstić information content (AvgIpc) is 2.74. The zero-order valence-electron chi connectivity index (χ0n) is 17.7. The fourth-order valence-corrected chi connectivity index (χ4v) is 4.77. The lowest BCUT2D eigenvalue weighted by molar-refractivity contribution is -0.140. The number of ketones is 1. The van der Waals surface area contributed by atoms with Gasteiger partial charge in [-0.3, -0.25) is 4.79 Å². The number of allylic oxidation sites excluding steroid dienone is 1. The molecule has 6 nitrogen and oxygen atoms in total. The molecule has 1 N–H and O–H groups in total. The van der Waals surface area contributed by atoms with Crippen LogP contribution in [0.25, 0.3) is 0 Å². The monoisotopic (exact) mass is 437 g/mol. The minimum atomic E-state index is -0.437. The number of nitrogens with zero attached hydrogens (tertiary/aromatic N) is 1. The minimum absolute atomic E-state index is 0. The van der Waals surface area contributed by atoms with Gasteiger partial charge in [-0.25, -0.2) is 0 Å². The molecule has 3 aliphatic rings. The highest BCUT2D eigenvalue weighted by molar-refractivity contribution is 5.96. The van der Waals surface area contributed by atoms with Crippen molar-refractivity contribution in [1.82, 2.24) is 4.90 Å². The summed E-state index contributed by atoms with van der Waals surface area (Å²) in [4.78, 5) is 15.6. The summed E-state index contributed by atoms with van der Waals surface area (Å²) in [6, 6.07) is 7.24. The van der Waals surface area contributed by atoms with E-state index in [0.717, 1.165) is 25.6 Å². The second-order valence-electron chi connectivity index (χ2n) is 8.60. The molecular weight excluding hydrogens is 406 g/mol. The van der Waals surface area contributed by atoms with E-state index in [1.54, 1.807) is 19.2 Å². The molecule has 1 aromatic carbocycles. The number of methoxy groups -OCH3 is 1. The minimum Gasteiger partial charge on any atom is -0.493 e. The highest BCUT2D eigenvalue weighted by atomic mass is 35.5. The van der Waals surface area contributed by atoms with E-state index in [4.69, 9.17) is 14.2 Å². The normalized spacial score (nSPS) is 29.8. The van der Waals surface area contributed by atoms with Gasteiger partial charge in [-0.1, -0.05) is 19.1 Å². The molecule has 1 saturated heterocycles. The lowest BCUT2D eigenvalue weighted by Crippen LogP contribution is -2.53. The van der Waals surface area contributed by atoms with Gasteiger partial charge in [0, 0.05) is 12.5 Å². The Morgan fingerprint density at radius 3 is 2.53 bits per heavy atom. The number of carbonyl (C=O) groups excluding carboxylic acids is 1. The van der Waals surface area contributed by atoms with Gasteiger partial charge in [0.1, 0.15) is 12.4 Å². The van der Waals surface area contributed by atoms with Gasteiger partial charge in [0.15, 0.2) is 11.5 Å². The van der Waals surface area contributed by atoms with Crippen LogP contribution in [0.4, 0.5) is 0 Å². The number of aliphatic hydroxyl groups excluding tert-OH is 1. The summed E-state index contributed by atoms with van der Waals surface area (Å²) in [5.74, 6) is 1.65. The molecule has 1 aliphatic carbocycles. The van der Waals surface area contributed by atoms with Crippen LogP contribution in [0.5, 0.6) is 11.5 Å². The summed E-state index contributed by atoms with van der Waals surface area (Å²) in [5, 5.41) is 10.7. The fraction of sp³-hybridized carbons (Fsp3) is 0.609. The van der Waals surface area contributed by atoms with Gasteiger partial charge in [0.05, 0.1) is 19.1 Å². The highest BCUT2D eigenvalue weighted by Gasteiger charge is 2.47. The standard InChI is InChI=1S/C23H31NO5.ClH/c1-15-9-11-24(12-10-15)13-17-18(25)8-7-16-22(26)21(14-28-23(16)17)29-20-6-4-3-5-19(20)27-2;/h3-6,14-18,23,25H,7-13H2,1-2H3;1H. The van der Waals surface area contributed by atoms with Crippen molar-refractivity contribution in [3.05, 3.63) is 36.3 Å². The lowest BCUT2D eigenvalue weighted by Gasteiger charge is -2.44. The third-order valence-corrected chi connectivity index (χ3v) is 6.63. The molecular formula is C23H32ClNO5. The first-order valence-corrected chi connectivity index (χ1v) is 10.7. The van der Waals surface area contributed by atoms with Crippen LogP contribution < -0.4 is 9.47 Å². The molecule has 7 heteroatoms. The van der Waals surface area contributed by atoms with Crippen LogP contribution in [0.2, 0.25) is 0 Å². The third-order valence-electron chi connectivity index (χ3n) is 6.63. The van der Waals surface area contributed by atoms with E-state index in [-0.39, 0.29) is 41.9 Å². The van der Waals surface area contributed by atoms with Crippen LogP contribution in [0, 0.1) is 17.8 Å². The van der Waals surface area contributed by atoms with Crippen LogP contribution in [0.15, 0.2) is 36.3 Å². The molecule has 2 aliphatic heterocycles. The maximum absolute atomic E-state index is 13.1. The van der Waals surface area contributed by atoms with E-state index in [1.165, 1.54) is 19.1 Å². The van der Waals surface area contributed by atoms with Crippen molar-refractivity contribution in [1.29, 1.82) is 0 Å². The molecule has 4 atom stereocenters. The Kier molecular flexibility index (Phi) is 7.66. The number of rotatable bonds is 5. The van der Waals surface area contributed by atoms with Crippen molar-refractivity contribution in [3.63, 3.8) is 0 Å². The predicted molar refractivity (Wildman–Crippen MR) is 116 cm³/mol. The maximum Gasteiger partial charge on any atom is 0.208 e. The summed E-state index contributed by atoms with van der Waals surface area (Å²) < 4.78 is 17.2. The molecule has 0 amide bonds. The van der Waals surface area contributed by atoms with Crippen LogP contribution in [-0.2, 0) is 9.53 Å². The van der Waals surface area contributed by atoms with Gasteiger partial charge in [0.2, 0.25) is 11.5 Å². The average molecular weight is 438 g/mol. The van der Waals surface area contributed by atoms with Gasteiger partial charge in [-0.05, 0) is 56.8 Å². The van der Waals surface area contributed by atoms with Crippen molar-refractivity contribution >= 4 is 18.2 Å². The molecule has 4 unspecified atom stereocenters. The molecule has 4 rings (SSSR count). The van der Waals surface area contributed by atoms with E-state index < -0.39 is 6.10 Å². The first kappa shape index (κ1) is 22.9. The van der Waals surface area contributed by atoms with E-state index in [0.29, 0.717) is 24.3 Å². The number of fused-ring (bicyclic) bond motifs is 1. The van der Waals surface area contributed by atoms with Crippen molar-refractivity contribution < 1.29 is 24.1 Å². The summed E-state index contributed by atoms with van der Waals surface area (Å²) in [6.45, 7) is 5.17. The van der Waals surface area contributed by atoms with Crippen molar-refractivity contribution in [2.24, 2.45) is 17.8 Å². The molecule has 0 radical (unpaired) electrons. The molecule has 2 fully saturated rings. The molecule has 0 aromatic heterocycles. The van der Waals surface area contributed by atoms with Crippen molar-refractivity contribution in [3.8, 4) is 11.5 Å². The van der Waals surface area contributed by atoms with E-state index in [9.17, 15) is 9.90 Å². The number of para-hydroxylation sites is 2. The van der Waals surface area contributed by atoms with Gasteiger partial charge in [-0.2, -0.15) is 0 Å². The molecule has 166 valence electrons. The Morgan fingerprint density at radius 1 is 1.13 bits per heavy atom. The number of hydrogen-bond donors (Lipinski definition) is 1. The van der Waals surface area contributed by atoms with Crippen LogP contribution in [0.1, 0.15) is 32.6 Å². The van der Waals surface area contributed by atoms with E-state index in [2.05, 4.69) is 11.8 Å². The van der Waals surface area contributed by atoms with E-state index >= 15 is 0 Å². The topological polar surface area (TPSA) is 68.2 Å². The number of carbonyl (C=O) groups is 1. The smallest absolute Gasteiger partial charge is 0.208 e. The molecule has 0 bridgehead atoms. The predicted octanol–water partition coefficient (Wildman–Crippen LogP) is 3.42. The van der Waals surface area contributed by atoms with Gasteiger partial charge in [-0.15, -0.1) is 12.4 Å². The first-order chi connectivity index (χ1) is 14.1. The summed E-state index contributed by atoms with van der Waals surface area (Å²) in [7, 11) is 1.57. The number of Topliss-reactive ketones (excluding diaryl/α,β-unsaturated/α-hetero) is 1. The molecule has 0 spiro atoms. The number of halogens is 1. The Morgan fingerprint density at radius 2 is 1.83 bits per heavy atom. The second-order valence-corrected chi connectivity index (χ2v) is 8.60. The van der Waals surface area contributed by atoms with Crippen LogP contribution >= 0.6 is 12.4 Å². The summed E-state index contributed by atoms with van der Waals surface area (Å²) in [5.41, 5.74) is 0. The highest BCUT2D eigenvalue weighted by Crippen LogP contribution is 2.39. The number of benzene rings is 1. The van der Waals surface area contributed by atoms with E-state index in [1.807, 2.05) is 12.1 Å². The Hall–Kier alpha value is -1.76. The Bertz CT molecular complexity index is 762. The second kappa shape index (κ2) is 10.0. The largest absolute Gasteiger partial charge is 0.493 e. The number of aliphatic hydroxyl groups is 1. The summed E-state index contributed by atoms with van der Waals surface area (Å²) in [6.07, 6.45) is 4.31. The lowest BCUT2D eigenvalue weighted by atomic mass is 9.73. The zero-order chi connectivity index (χ0) is 20.4. The molecule has 30 heavy (non-hydrogen) atoms. The van der Waals surface area contributed by atoms with Crippen LogP contribution in [0.3, 0.4) is 0 Å². The number of ether oxygens (including phenoxy) is 3. The van der Waals surface area contributed by atoms with Gasteiger partial charge in [0.25, 0.3) is 0 Å². The molecule has 1 saturated carbocycles. The number of piperidine rings is 1. The zero-order valence-corrected chi connectivity index (χ0v) is 18.5. The maximum atomic E-state index is 13.1. The van der Waals surface area contributed by atoms with Crippen molar-refractivity contribution in [2.75, 3.05) is 26.7 Å². The molecule has 2 heterocycles.